The van der Waals surface area contributed by atoms with Crippen LogP contribution in [0.3, 0.4) is 0 Å². The second kappa shape index (κ2) is 4.13. The summed E-state index contributed by atoms with van der Waals surface area (Å²) in [5, 5.41) is 0. The minimum Gasteiger partial charge on any atom is -0.496 e. The van der Waals surface area contributed by atoms with E-state index in [0.717, 1.165) is 0 Å². The van der Waals surface area contributed by atoms with Gasteiger partial charge in [-0.25, -0.2) is 4.79 Å². The molecule has 0 spiro atoms. The monoisotopic (exact) mass is 294 g/mol. The lowest BCUT2D eigenvalue weighted by Gasteiger charge is -2.06. The molecule has 72 valence electrons. The van der Waals surface area contributed by atoms with Crippen molar-refractivity contribution in [1.29, 1.82) is 0 Å². The largest absolute Gasteiger partial charge is 0.496 e. The molecule has 0 saturated heterocycles. The Morgan fingerprint density at radius 2 is 2.23 bits per heavy atom. The Morgan fingerprint density at radius 1 is 1.62 bits per heavy atom. The van der Waals surface area contributed by atoms with Crippen LogP contribution in [0.5, 0.6) is 5.75 Å². The fraction of sp³-hybridized carbons (Fsp3) is 0.444. The first-order valence-electron chi connectivity index (χ1n) is 3.89. The maximum atomic E-state index is 11.3. The topological polar surface area (TPSA) is 39.4 Å². The Kier molecular flexibility index (Phi) is 3.35. The molecule has 0 fully saturated rings. The van der Waals surface area contributed by atoms with Crippen LogP contribution in [0, 0.1) is 6.92 Å². The number of rotatable bonds is 2. The van der Waals surface area contributed by atoms with Gasteiger partial charge in [0, 0.05) is 6.07 Å². The standard InChI is InChI=1S/C9H11IO3/c1-5-7(12-3)4-8(6(2)10)13-9(5)11/h4,6H,1-3H3. The Bertz CT molecular complexity index is 354. The normalized spacial score (nSPS) is 12.6. The number of ether oxygens (including phenoxy) is 1. The van der Waals surface area contributed by atoms with E-state index in [1.807, 2.05) is 6.92 Å². The lowest BCUT2D eigenvalue weighted by atomic mass is 10.2. The smallest absolute Gasteiger partial charge is 0.342 e. The molecular weight excluding hydrogens is 283 g/mol. The molecule has 0 aromatic carbocycles. The third-order valence-corrected chi connectivity index (χ3v) is 2.39. The Balaban J connectivity index is 3.31. The summed E-state index contributed by atoms with van der Waals surface area (Å²) < 4.78 is 10.3. The van der Waals surface area contributed by atoms with Gasteiger partial charge in [0.15, 0.2) is 0 Å². The molecule has 4 heteroatoms. The second-order valence-electron chi connectivity index (χ2n) is 2.75. The highest BCUT2D eigenvalue weighted by molar-refractivity contribution is 14.1. The maximum absolute atomic E-state index is 11.3. The van der Waals surface area contributed by atoms with Crippen LogP contribution in [-0.4, -0.2) is 7.11 Å². The highest BCUT2D eigenvalue weighted by Gasteiger charge is 2.10. The van der Waals surface area contributed by atoms with Crippen molar-refractivity contribution >= 4 is 22.6 Å². The molecule has 1 unspecified atom stereocenters. The van der Waals surface area contributed by atoms with Gasteiger partial charge >= 0.3 is 5.63 Å². The molecule has 0 radical (unpaired) electrons. The molecule has 0 bridgehead atoms. The highest BCUT2D eigenvalue weighted by Crippen LogP contribution is 2.25. The van der Waals surface area contributed by atoms with Gasteiger partial charge in [-0.1, -0.05) is 22.6 Å². The zero-order chi connectivity index (χ0) is 10.0. The molecule has 0 saturated carbocycles. The van der Waals surface area contributed by atoms with Gasteiger partial charge in [0.05, 0.1) is 16.6 Å². The van der Waals surface area contributed by atoms with E-state index in [1.165, 1.54) is 0 Å². The third-order valence-electron chi connectivity index (χ3n) is 1.77. The van der Waals surface area contributed by atoms with E-state index in [-0.39, 0.29) is 9.55 Å². The molecule has 0 aliphatic heterocycles. The van der Waals surface area contributed by atoms with Gasteiger partial charge < -0.3 is 9.15 Å². The molecule has 1 rings (SSSR count). The summed E-state index contributed by atoms with van der Waals surface area (Å²) >= 11 is 2.18. The number of halogens is 1. The van der Waals surface area contributed by atoms with Gasteiger partial charge in [-0.2, -0.15) is 0 Å². The lowest BCUT2D eigenvalue weighted by molar-refractivity contribution is 0.388. The molecular formula is C9H11IO3. The summed E-state index contributed by atoms with van der Waals surface area (Å²) in [7, 11) is 1.55. The first-order valence-corrected chi connectivity index (χ1v) is 5.13. The van der Waals surface area contributed by atoms with Crippen molar-refractivity contribution in [2.45, 2.75) is 17.8 Å². The number of hydrogen-bond donors (Lipinski definition) is 0. The highest BCUT2D eigenvalue weighted by atomic mass is 127. The van der Waals surface area contributed by atoms with Crippen molar-refractivity contribution in [3.05, 3.63) is 27.8 Å². The first-order chi connectivity index (χ1) is 6.06. The van der Waals surface area contributed by atoms with Crippen molar-refractivity contribution in [2.24, 2.45) is 0 Å². The van der Waals surface area contributed by atoms with E-state index in [4.69, 9.17) is 9.15 Å². The van der Waals surface area contributed by atoms with Crippen LogP contribution in [-0.2, 0) is 0 Å². The zero-order valence-electron chi connectivity index (χ0n) is 7.76. The van der Waals surface area contributed by atoms with Crippen molar-refractivity contribution in [3.63, 3.8) is 0 Å². The van der Waals surface area contributed by atoms with Gasteiger partial charge in [0.2, 0.25) is 0 Å². The number of methoxy groups -OCH3 is 1. The molecule has 13 heavy (non-hydrogen) atoms. The van der Waals surface area contributed by atoms with E-state index in [1.54, 1.807) is 20.1 Å². The average molecular weight is 294 g/mol. The summed E-state index contributed by atoms with van der Waals surface area (Å²) in [6.45, 7) is 3.64. The summed E-state index contributed by atoms with van der Waals surface area (Å²) in [6.07, 6.45) is 0. The Hall–Kier alpha value is -0.520. The van der Waals surface area contributed by atoms with Crippen molar-refractivity contribution in [3.8, 4) is 5.75 Å². The molecule has 1 aromatic heterocycles. The molecule has 0 aliphatic carbocycles. The summed E-state index contributed by atoms with van der Waals surface area (Å²) in [5.41, 5.74) is 0.196. The molecule has 0 aliphatic rings. The maximum Gasteiger partial charge on any atom is 0.342 e. The molecule has 0 N–H and O–H groups in total. The predicted molar refractivity (Wildman–Crippen MR) is 58.7 cm³/mol. The van der Waals surface area contributed by atoms with Crippen molar-refractivity contribution in [2.75, 3.05) is 7.11 Å². The molecule has 3 nitrogen and oxygen atoms in total. The molecule has 1 atom stereocenters. The van der Waals surface area contributed by atoms with Crippen LogP contribution in [0.25, 0.3) is 0 Å². The average Bonchev–Trinajstić information content (AvgIpc) is 2.09. The second-order valence-corrected chi connectivity index (χ2v) is 4.61. The summed E-state index contributed by atoms with van der Waals surface area (Å²) in [5.74, 6) is 1.24. The van der Waals surface area contributed by atoms with E-state index in [9.17, 15) is 4.79 Å². The first kappa shape index (κ1) is 10.6. The van der Waals surface area contributed by atoms with Crippen molar-refractivity contribution in [1.82, 2.24) is 0 Å². The minimum absolute atomic E-state index is 0.166. The van der Waals surface area contributed by atoms with Crippen LogP contribution in [0.1, 0.15) is 22.2 Å². The third kappa shape index (κ3) is 2.24. The molecule has 0 amide bonds. The minimum atomic E-state index is -0.321. The van der Waals surface area contributed by atoms with Crippen LogP contribution in [0.15, 0.2) is 15.3 Å². The van der Waals surface area contributed by atoms with Crippen LogP contribution >= 0.6 is 22.6 Å². The van der Waals surface area contributed by atoms with Gasteiger partial charge in [0.25, 0.3) is 0 Å². The Morgan fingerprint density at radius 3 is 2.69 bits per heavy atom. The lowest BCUT2D eigenvalue weighted by Crippen LogP contribution is -2.07. The van der Waals surface area contributed by atoms with Gasteiger partial charge in [-0.15, -0.1) is 0 Å². The quantitative estimate of drug-likeness (QED) is 0.621. The SMILES string of the molecule is COc1cc(C(C)I)oc(=O)c1C. The van der Waals surface area contributed by atoms with E-state index in [2.05, 4.69) is 22.6 Å². The van der Waals surface area contributed by atoms with Gasteiger partial charge in [0.1, 0.15) is 11.5 Å². The van der Waals surface area contributed by atoms with Gasteiger partial charge in [-0.3, -0.25) is 0 Å². The predicted octanol–water partition coefficient (Wildman–Crippen LogP) is 2.45. The number of hydrogen-bond acceptors (Lipinski definition) is 3. The fourth-order valence-electron chi connectivity index (χ4n) is 0.959. The fourth-order valence-corrected chi connectivity index (χ4v) is 1.27. The van der Waals surface area contributed by atoms with E-state index < -0.39 is 0 Å². The van der Waals surface area contributed by atoms with Crippen LogP contribution in [0.4, 0.5) is 0 Å². The van der Waals surface area contributed by atoms with Crippen LogP contribution in [0.2, 0.25) is 0 Å². The molecule has 1 heterocycles. The van der Waals surface area contributed by atoms with E-state index >= 15 is 0 Å². The van der Waals surface area contributed by atoms with Gasteiger partial charge in [-0.05, 0) is 13.8 Å². The van der Waals surface area contributed by atoms with Crippen molar-refractivity contribution < 1.29 is 9.15 Å². The zero-order valence-corrected chi connectivity index (χ0v) is 9.91. The molecule has 1 aromatic rings. The summed E-state index contributed by atoms with van der Waals surface area (Å²) in [6, 6.07) is 1.76. The Labute approximate surface area is 90.2 Å². The van der Waals surface area contributed by atoms with Crippen LogP contribution < -0.4 is 10.4 Å². The van der Waals surface area contributed by atoms with E-state index in [0.29, 0.717) is 17.1 Å². The number of alkyl halides is 1. The summed E-state index contributed by atoms with van der Waals surface area (Å²) in [4.78, 5) is 11.3.